The second-order valence-electron chi connectivity index (χ2n) is 5.62. The summed E-state index contributed by atoms with van der Waals surface area (Å²) in [6.07, 6.45) is 4.19. The Kier molecular flexibility index (Phi) is 3.34. The van der Waals surface area contributed by atoms with Crippen LogP contribution in [0, 0.1) is 11.8 Å². The smallest absolute Gasteiger partial charge is 0.306 e. The van der Waals surface area contributed by atoms with Gasteiger partial charge >= 0.3 is 5.97 Å². The lowest BCUT2D eigenvalue weighted by Gasteiger charge is -2.25. The molecule has 1 aromatic carbocycles. The number of imidazole rings is 1. The van der Waals surface area contributed by atoms with E-state index in [9.17, 15) is 9.90 Å². The zero-order chi connectivity index (χ0) is 14.1. The van der Waals surface area contributed by atoms with E-state index in [1.807, 2.05) is 6.07 Å². The molecule has 1 aliphatic rings. The number of aromatic hydroxyl groups is 1. The van der Waals surface area contributed by atoms with Crippen LogP contribution in [0.4, 0.5) is 0 Å². The third-order valence-corrected chi connectivity index (χ3v) is 4.22. The van der Waals surface area contributed by atoms with Crippen LogP contribution in [0.25, 0.3) is 11.0 Å². The lowest BCUT2D eigenvalue weighted by molar-refractivity contribution is -0.143. The Morgan fingerprint density at radius 3 is 2.70 bits per heavy atom. The molecule has 2 aromatic rings. The van der Waals surface area contributed by atoms with E-state index in [0.717, 1.165) is 43.4 Å². The first-order chi connectivity index (χ1) is 9.63. The van der Waals surface area contributed by atoms with Crippen molar-refractivity contribution in [1.82, 2.24) is 9.97 Å². The third kappa shape index (κ3) is 2.48. The number of aliphatic carboxylic acids is 1. The summed E-state index contributed by atoms with van der Waals surface area (Å²) in [5.41, 5.74) is 1.46. The number of phenols is 1. The molecule has 0 amide bonds. The number of nitrogens with one attached hydrogen (secondary N) is 1. The molecular weight excluding hydrogens is 256 g/mol. The summed E-state index contributed by atoms with van der Waals surface area (Å²) in [7, 11) is 0. The van der Waals surface area contributed by atoms with Crippen LogP contribution in [0.5, 0.6) is 5.75 Å². The minimum Gasteiger partial charge on any atom is -0.506 e. The highest BCUT2D eigenvalue weighted by molar-refractivity contribution is 5.81. The normalized spacial score (nSPS) is 23.0. The summed E-state index contributed by atoms with van der Waals surface area (Å²) in [5, 5.41) is 18.7. The van der Waals surface area contributed by atoms with Crippen LogP contribution in [-0.4, -0.2) is 26.2 Å². The molecule has 0 radical (unpaired) electrons. The number of carboxylic acids is 1. The number of aromatic nitrogens is 2. The Morgan fingerprint density at radius 1 is 1.30 bits per heavy atom. The number of para-hydroxylation sites is 1. The van der Waals surface area contributed by atoms with Crippen LogP contribution in [-0.2, 0) is 11.2 Å². The van der Waals surface area contributed by atoms with Gasteiger partial charge in [0.25, 0.3) is 0 Å². The molecule has 20 heavy (non-hydrogen) atoms. The van der Waals surface area contributed by atoms with E-state index in [1.54, 1.807) is 12.1 Å². The van der Waals surface area contributed by atoms with E-state index in [1.165, 1.54) is 0 Å². The fraction of sp³-hybridized carbons (Fsp3) is 0.467. The Morgan fingerprint density at radius 2 is 2.05 bits per heavy atom. The molecule has 106 valence electrons. The number of rotatable bonds is 3. The quantitative estimate of drug-likeness (QED) is 0.803. The molecule has 3 rings (SSSR count). The van der Waals surface area contributed by atoms with E-state index in [4.69, 9.17) is 5.11 Å². The monoisotopic (exact) mass is 274 g/mol. The fourth-order valence-corrected chi connectivity index (χ4v) is 3.05. The largest absolute Gasteiger partial charge is 0.506 e. The molecule has 3 N–H and O–H groups in total. The van der Waals surface area contributed by atoms with Gasteiger partial charge in [-0.05, 0) is 43.7 Å². The number of hydrogen-bond donors (Lipinski definition) is 3. The van der Waals surface area contributed by atoms with Crippen molar-refractivity contribution in [3.63, 3.8) is 0 Å². The van der Waals surface area contributed by atoms with Crippen molar-refractivity contribution < 1.29 is 15.0 Å². The maximum atomic E-state index is 10.9. The summed E-state index contributed by atoms with van der Waals surface area (Å²) >= 11 is 0. The van der Waals surface area contributed by atoms with Gasteiger partial charge in [-0.15, -0.1) is 0 Å². The molecule has 1 saturated carbocycles. The van der Waals surface area contributed by atoms with Crippen LogP contribution in [0.3, 0.4) is 0 Å². The second kappa shape index (κ2) is 5.15. The van der Waals surface area contributed by atoms with Gasteiger partial charge in [0, 0.05) is 6.42 Å². The first-order valence-electron chi connectivity index (χ1n) is 7.03. The van der Waals surface area contributed by atoms with Gasteiger partial charge in [-0.2, -0.15) is 0 Å². The van der Waals surface area contributed by atoms with Crippen LogP contribution in [0.2, 0.25) is 0 Å². The van der Waals surface area contributed by atoms with E-state index in [2.05, 4.69) is 9.97 Å². The Bertz CT molecular complexity index is 627. The molecule has 1 aliphatic carbocycles. The maximum Gasteiger partial charge on any atom is 0.306 e. The number of benzene rings is 1. The molecular formula is C15H18N2O3. The molecule has 1 fully saturated rings. The molecule has 0 spiro atoms. The van der Waals surface area contributed by atoms with Gasteiger partial charge in [0.2, 0.25) is 0 Å². The lowest BCUT2D eigenvalue weighted by atomic mass is 9.80. The minimum atomic E-state index is -0.669. The second-order valence-corrected chi connectivity index (χ2v) is 5.62. The summed E-state index contributed by atoms with van der Waals surface area (Å²) in [6, 6.07) is 5.32. The van der Waals surface area contributed by atoms with Crippen molar-refractivity contribution in [2.75, 3.05) is 0 Å². The summed E-state index contributed by atoms with van der Waals surface area (Å²) in [4.78, 5) is 18.6. The Labute approximate surface area is 116 Å². The van der Waals surface area contributed by atoms with Crippen LogP contribution < -0.4 is 0 Å². The Balaban J connectivity index is 1.68. The van der Waals surface area contributed by atoms with Gasteiger partial charge in [-0.25, -0.2) is 4.98 Å². The average Bonchev–Trinajstić information content (AvgIpc) is 2.83. The first-order valence-corrected chi connectivity index (χ1v) is 7.03. The van der Waals surface area contributed by atoms with Crippen molar-refractivity contribution in [2.45, 2.75) is 32.1 Å². The molecule has 0 unspecified atom stereocenters. The molecule has 0 atom stereocenters. The summed E-state index contributed by atoms with van der Waals surface area (Å²) in [6.45, 7) is 0. The van der Waals surface area contributed by atoms with Crippen LogP contribution >= 0.6 is 0 Å². The van der Waals surface area contributed by atoms with Crippen molar-refractivity contribution in [3.8, 4) is 5.75 Å². The molecule has 1 heterocycles. The SMILES string of the molecule is O=C(O)C1CCC(Cc2nc3c(O)cccc3[nH]2)CC1. The van der Waals surface area contributed by atoms with Crippen molar-refractivity contribution in [3.05, 3.63) is 24.0 Å². The summed E-state index contributed by atoms with van der Waals surface area (Å²) < 4.78 is 0. The highest BCUT2D eigenvalue weighted by Gasteiger charge is 2.26. The number of fused-ring (bicyclic) bond motifs is 1. The van der Waals surface area contributed by atoms with Crippen LogP contribution in [0.1, 0.15) is 31.5 Å². The topological polar surface area (TPSA) is 86.2 Å². The van der Waals surface area contributed by atoms with Gasteiger partial charge in [0.1, 0.15) is 17.1 Å². The number of carbonyl (C=O) groups is 1. The molecule has 0 aliphatic heterocycles. The summed E-state index contributed by atoms with van der Waals surface area (Å²) in [5.74, 6) is 0.705. The number of nitrogens with zero attached hydrogens (tertiary/aromatic N) is 1. The van der Waals surface area contributed by atoms with Gasteiger partial charge in [0.15, 0.2) is 0 Å². The number of hydrogen-bond acceptors (Lipinski definition) is 3. The third-order valence-electron chi connectivity index (χ3n) is 4.22. The number of H-pyrrole nitrogens is 1. The van der Waals surface area contributed by atoms with E-state index < -0.39 is 5.97 Å². The standard InChI is InChI=1S/C15H18N2O3/c18-12-3-1-2-11-14(12)17-13(16-11)8-9-4-6-10(7-5-9)15(19)20/h1-3,9-10,18H,4-8H2,(H,16,17)(H,19,20). The van der Waals surface area contributed by atoms with Crippen molar-refractivity contribution in [2.24, 2.45) is 11.8 Å². The zero-order valence-electron chi connectivity index (χ0n) is 11.2. The van der Waals surface area contributed by atoms with Gasteiger partial charge in [0.05, 0.1) is 11.4 Å². The van der Waals surface area contributed by atoms with E-state index in [0.29, 0.717) is 11.4 Å². The first kappa shape index (κ1) is 13.0. The van der Waals surface area contributed by atoms with Crippen molar-refractivity contribution in [1.29, 1.82) is 0 Å². The maximum absolute atomic E-state index is 10.9. The lowest BCUT2D eigenvalue weighted by Crippen LogP contribution is -2.22. The number of carboxylic acid groups (broad SMARTS) is 1. The molecule has 1 aromatic heterocycles. The molecule has 0 bridgehead atoms. The highest BCUT2D eigenvalue weighted by atomic mass is 16.4. The molecule has 5 heteroatoms. The van der Waals surface area contributed by atoms with Crippen molar-refractivity contribution >= 4 is 17.0 Å². The molecule has 0 saturated heterocycles. The van der Waals surface area contributed by atoms with Gasteiger partial charge in [-0.1, -0.05) is 6.07 Å². The predicted octanol–water partition coefficient (Wildman–Crippen LogP) is 2.70. The predicted molar refractivity (Wildman–Crippen MR) is 74.5 cm³/mol. The highest BCUT2D eigenvalue weighted by Crippen LogP contribution is 2.31. The number of phenolic OH excluding ortho intramolecular Hbond substituents is 1. The fourth-order valence-electron chi connectivity index (χ4n) is 3.05. The number of aromatic amines is 1. The zero-order valence-corrected chi connectivity index (χ0v) is 11.2. The minimum absolute atomic E-state index is 0.175. The van der Waals surface area contributed by atoms with E-state index in [-0.39, 0.29) is 11.7 Å². The van der Waals surface area contributed by atoms with Gasteiger partial charge < -0.3 is 15.2 Å². The van der Waals surface area contributed by atoms with Crippen LogP contribution in [0.15, 0.2) is 18.2 Å². The van der Waals surface area contributed by atoms with Gasteiger partial charge in [-0.3, -0.25) is 4.79 Å². The molecule has 5 nitrogen and oxygen atoms in total. The Hall–Kier alpha value is -2.04. The average molecular weight is 274 g/mol. The van der Waals surface area contributed by atoms with E-state index >= 15 is 0 Å².